The zero-order valence-electron chi connectivity index (χ0n) is 12.2. The van der Waals surface area contributed by atoms with E-state index in [4.69, 9.17) is 4.74 Å². The first-order chi connectivity index (χ1) is 9.81. The van der Waals surface area contributed by atoms with Crippen LogP contribution in [0.2, 0.25) is 0 Å². The average Bonchev–Trinajstić information content (AvgIpc) is 2.49. The SMILES string of the molecule is CN1CCN(c2cncc(NC3CCOCC3)c2)CC1. The molecule has 2 aliphatic heterocycles. The minimum atomic E-state index is 0.522. The van der Waals surface area contributed by atoms with Crippen LogP contribution in [-0.4, -0.2) is 62.4 Å². The summed E-state index contributed by atoms with van der Waals surface area (Å²) in [5.41, 5.74) is 2.36. The van der Waals surface area contributed by atoms with Crippen LogP contribution in [0.15, 0.2) is 18.5 Å². The molecule has 3 rings (SSSR count). The Bertz CT molecular complexity index is 426. The molecule has 1 aromatic heterocycles. The van der Waals surface area contributed by atoms with E-state index in [-0.39, 0.29) is 0 Å². The van der Waals surface area contributed by atoms with Crippen LogP contribution in [0.1, 0.15) is 12.8 Å². The van der Waals surface area contributed by atoms with Crippen LogP contribution in [0.5, 0.6) is 0 Å². The Balaban J connectivity index is 1.63. The van der Waals surface area contributed by atoms with E-state index in [9.17, 15) is 0 Å². The van der Waals surface area contributed by atoms with Crippen molar-refractivity contribution in [1.82, 2.24) is 9.88 Å². The minimum Gasteiger partial charge on any atom is -0.381 e. The number of anilines is 2. The maximum atomic E-state index is 5.40. The number of ether oxygens (including phenoxy) is 1. The van der Waals surface area contributed by atoms with E-state index in [0.717, 1.165) is 57.9 Å². The van der Waals surface area contributed by atoms with Gasteiger partial charge in [-0.3, -0.25) is 4.98 Å². The number of nitrogens with zero attached hydrogens (tertiary/aromatic N) is 3. The van der Waals surface area contributed by atoms with E-state index in [0.29, 0.717) is 6.04 Å². The fraction of sp³-hybridized carbons (Fsp3) is 0.667. The Morgan fingerprint density at radius 1 is 1.15 bits per heavy atom. The Morgan fingerprint density at radius 2 is 1.90 bits per heavy atom. The maximum absolute atomic E-state index is 5.40. The van der Waals surface area contributed by atoms with E-state index in [1.165, 1.54) is 5.69 Å². The molecule has 0 amide bonds. The fourth-order valence-electron chi connectivity index (χ4n) is 2.82. The fourth-order valence-corrected chi connectivity index (χ4v) is 2.82. The molecule has 0 spiro atoms. The van der Waals surface area contributed by atoms with Crippen LogP contribution in [0.4, 0.5) is 11.4 Å². The molecule has 110 valence electrons. The van der Waals surface area contributed by atoms with Gasteiger partial charge in [0.2, 0.25) is 0 Å². The standard InChI is InChI=1S/C15H24N4O/c1-18-4-6-19(7-5-18)15-10-14(11-16-12-15)17-13-2-8-20-9-3-13/h10-13,17H,2-9H2,1H3. The van der Waals surface area contributed by atoms with E-state index in [2.05, 4.69) is 33.2 Å². The number of aromatic nitrogens is 1. The van der Waals surface area contributed by atoms with Crippen molar-refractivity contribution >= 4 is 11.4 Å². The monoisotopic (exact) mass is 276 g/mol. The lowest BCUT2D eigenvalue weighted by Gasteiger charge is -2.34. The van der Waals surface area contributed by atoms with E-state index in [1.807, 2.05) is 12.4 Å². The average molecular weight is 276 g/mol. The van der Waals surface area contributed by atoms with Gasteiger partial charge in [0.25, 0.3) is 0 Å². The molecule has 20 heavy (non-hydrogen) atoms. The van der Waals surface area contributed by atoms with Gasteiger partial charge in [-0.05, 0) is 26.0 Å². The molecule has 0 atom stereocenters. The van der Waals surface area contributed by atoms with Crippen molar-refractivity contribution in [3.05, 3.63) is 18.5 Å². The molecular formula is C15H24N4O. The molecule has 2 fully saturated rings. The molecule has 0 aromatic carbocycles. The minimum absolute atomic E-state index is 0.522. The maximum Gasteiger partial charge on any atom is 0.0574 e. The molecular weight excluding hydrogens is 252 g/mol. The summed E-state index contributed by atoms with van der Waals surface area (Å²) in [7, 11) is 2.18. The topological polar surface area (TPSA) is 40.6 Å². The molecule has 0 bridgehead atoms. The van der Waals surface area contributed by atoms with Gasteiger partial charge in [0.15, 0.2) is 0 Å². The quantitative estimate of drug-likeness (QED) is 0.904. The lowest BCUT2D eigenvalue weighted by atomic mass is 10.1. The largest absolute Gasteiger partial charge is 0.381 e. The van der Waals surface area contributed by atoms with Crippen LogP contribution >= 0.6 is 0 Å². The highest BCUT2D eigenvalue weighted by Gasteiger charge is 2.16. The highest BCUT2D eigenvalue weighted by molar-refractivity contribution is 5.56. The summed E-state index contributed by atoms with van der Waals surface area (Å²) in [6.45, 7) is 6.14. The second-order valence-electron chi connectivity index (χ2n) is 5.75. The number of piperazine rings is 1. The van der Waals surface area contributed by atoms with E-state index >= 15 is 0 Å². The summed E-state index contributed by atoms with van der Waals surface area (Å²) in [5.74, 6) is 0. The molecule has 5 nitrogen and oxygen atoms in total. The number of rotatable bonds is 3. The lowest BCUT2D eigenvalue weighted by molar-refractivity contribution is 0.0904. The number of likely N-dealkylation sites (N-methyl/N-ethyl adjacent to an activating group) is 1. The second-order valence-corrected chi connectivity index (χ2v) is 5.75. The summed E-state index contributed by atoms with van der Waals surface area (Å²) < 4.78 is 5.40. The Kier molecular flexibility index (Phi) is 4.38. The van der Waals surface area contributed by atoms with Crippen LogP contribution < -0.4 is 10.2 Å². The Hall–Kier alpha value is -1.33. The number of hydrogen-bond donors (Lipinski definition) is 1. The molecule has 2 saturated heterocycles. The molecule has 1 N–H and O–H groups in total. The number of hydrogen-bond acceptors (Lipinski definition) is 5. The van der Waals surface area contributed by atoms with Crippen LogP contribution in [-0.2, 0) is 4.74 Å². The van der Waals surface area contributed by atoms with Gasteiger partial charge >= 0.3 is 0 Å². The Labute approximate surface area is 120 Å². The van der Waals surface area contributed by atoms with Gasteiger partial charge in [0, 0.05) is 45.4 Å². The van der Waals surface area contributed by atoms with Crippen molar-refractivity contribution in [2.45, 2.75) is 18.9 Å². The Morgan fingerprint density at radius 3 is 2.65 bits per heavy atom. The molecule has 0 unspecified atom stereocenters. The predicted molar refractivity (Wildman–Crippen MR) is 81.4 cm³/mol. The van der Waals surface area contributed by atoms with Crippen molar-refractivity contribution in [2.75, 3.05) is 56.7 Å². The van der Waals surface area contributed by atoms with Crippen LogP contribution in [0, 0.1) is 0 Å². The van der Waals surface area contributed by atoms with Crippen molar-refractivity contribution in [3.8, 4) is 0 Å². The molecule has 1 aromatic rings. The molecule has 3 heterocycles. The van der Waals surface area contributed by atoms with Gasteiger partial charge in [0.05, 0.1) is 23.8 Å². The van der Waals surface area contributed by atoms with Gasteiger partial charge in [-0.15, -0.1) is 0 Å². The normalized spacial score (nSPS) is 21.9. The van der Waals surface area contributed by atoms with Gasteiger partial charge < -0.3 is 19.9 Å². The smallest absolute Gasteiger partial charge is 0.0574 e. The first-order valence-corrected chi connectivity index (χ1v) is 7.54. The second kappa shape index (κ2) is 6.41. The van der Waals surface area contributed by atoms with Gasteiger partial charge in [-0.1, -0.05) is 0 Å². The first-order valence-electron chi connectivity index (χ1n) is 7.54. The first kappa shape index (κ1) is 13.6. The summed E-state index contributed by atoms with van der Waals surface area (Å²) in [6, 6.07) is 2.75. The lowest BCUT2D eigenvalue weighted by Crippen LogP contribution is -2.44. The third kappa shape index (κ3) is 3.41. The number of nitrogens with one attached hydrogen (secondary N) is 1. The highest BCUT2D eigenvalue weighted by atomic mass is 16.5. The summed E-state index contributed by atoms with van der Waals surface area (Å²) in [4.78, 5) is 9.18. The summed E-state index contributed by atoms with van der Waals surface area (Å²) in [6.07, 6.45) is 6.06. The zero-order valence-corrected chi connectivity index (χ0v) is 12.2. The molecule has 2 aliphatic rings. The molecule has 5 heteroatoms. The summed E-state index contributed by atoms with van der Waals surface area (Å²) >= 11 is 0. The summed E-state index contributed by atoms with van der Waals surface area (Å²) in [5, 5.41) is 3.59. The van der Waals surface area contributed by atoms with Crippen molar-refractivity contribution in [1.29, 1.82) is 0 Å². The van der Waals surface area contributed by atoms with E-state index < -0.39 is 0 Å². The van der Waals surface area contributed by atoms with Crippen molar-refractivity contribution in [2.24, 2.45) is 0 Å². The van der Waals surface area contributed by atoms with Crippen LogP contribution in [0.25, 0.3) is 0 Å². The highest BCUT2D eigenvalue weighted by Crippen LogP contribution is 2.21. The molecule has 0 aliphatic carbocycles. The zero-order chi connectivity index (χ0) is 13.8. The van der Waals surface area contributed by atoms with Crippen LogP contribution in [0.3, 0.4) is 0 Å². The van der Waals surface area contributed by atoms with Gasteiger partial charge in [-0.2, -0.15) is 0 Å². The molecule has 0 radical (unpaired) electrons. The predicted octanol–water partition coefficient (Wildman–Crippen LogP) is 1.42. The van der Waals surface area contributed by atoms with Gasteiger partial charge in [0.1, 0.15) is 0 Å². The van der Waals surface area contributed by atoms with Crippen molar-refractivity contribution < 1.29 is 4.74 Å². The third-order valence-electron chi connectivity index (χ3n) is 4.18. The van der Waals surface area contributed by atoms with Crippen molar-refractivity contribution in [3.63, 3.8) is 0 Å². The third-order valence-corrected chi connectivity index (χ3v) is 4.18. The molecule has 0 saturated carbocycles. The number of pyridine rings is 1. The van der Waals surface area contributed by atoms with Gasteiger partial charge in [-0.25, -0.2) is 0 Å². The van der Waals surface area contributed by atoms with E-state index in [1.54, 1.807) is 0 Å².